The van der Waals surface area contributed by atoms with Gasteiger partial charge in [0.05, 0.1) is 53.4 Å². The number of benzene rings is 2. The molecule has 2 aromatic carbocycles. The molecule has 44 heavy (non-hydrogen) atoms. The molecule has 1 atom stereocenters. The number of urea groups is 1. The largest absolute Gasteiger partial charge is 0.497 e. The second kappa shape index (κ2) is 14.6. The lowest BCUT2D eigenvalue weighted by Gasteiger charge is -2.33. The van der Waals surface area contributed by atoms with Crippen molar-refractivity contribution in [3.8, 4) is 23.0 Å². The maximum absolute atomic E-state index is 14.1. The highest BCUT2D eigenvalue weighted by molar-refractivity contribution is 6.05. The zero-order valence-electron chi connectivity index (χ0n) is 26.8. The first kappa shape index (κ1) is 32.9. The molecule has 0 unspecified atom stereocenters. The molecule has 2 aliphatic rings. The molecule has 1 N–H and O–H groups in total. The Morgan fingerprint density at radius 3 is 2.30 bits per heavy atom. The number of amides is 3. The minimum absolute atomic E-state index is 0.146. The average Bonchev–Trinajstić information content (AvgIpc) is 3.47. The second-order valence-electron chi connectivity index (χ2n) is 11.7. The van der Waals surface area contributed by atoms with Crippen molar-refractivity contribution in [2.75, 3.05) is 74.4 Å². The van der Waals surface area contributed by atoms with Crippen LogP contribution >= 0.6 is 0 Å². The van der Waals surface area contributed by atoms with E-state index in [9.17, 15) is 9.59 Å². The molecule has 0 aromatic heterocycles. The van der Waals surface area contributed by atoms with Crippen molar-refractivity contribution in [3.63, 3.8) is 0 Å². The molecule has 240 valence electrons. The molecule has 0 bridgehead atoms. The van der Waals surface area contributed by atoms with E-state index in [0.29, 0.717) is 61.4 Å². The summed E-state index contributed by atoms with van der Waals surface area (Å²) in [4.78, 5) is 31.4. The van der Waals surface area contributed by atoms with E-state index in [1.807, 2.05) is 51.1 Å². The van der Waals surface area contributed by atoms with Gasteiger partial charge < -0.3 is 33.9 Å². The van der Waals surface area contributed by atoms with E-state index in [2.05, 4.69) is 10.2 Å². The summed E-state index contributed by atoms with van der Waals surface area (Å²) < 4.78 is 27.5. The highest BCUT2D eigenvalue weighted by atomic mass is 16.5. The monoisotopic (exact) mass is 611 g/mol. The minimum Gasteiger partial charge on any atom is -0.497 e. The van der Waals surface area contributed by atoms with Gasteiger partial charge in [0.15, 0.2) is 11.5 Å². The van der Waals surface area contributed by atoms with Crippen LogP contribution in [0.25, 0.3) is 0 Å². The first-order chi connectivity index (χ1) is 21.1. The molecule has 2 aromatic rings. The van der Waals surface area contributed by atoms with Crippen LogP contribution in [0.5, 0.6) is 23.0 Å². The number of ether oxygens (including phenoxy) is 5. The highest BCUT2D eigenvalue weighted by Crippen LogP contribution is 2.39. The van der Waals surface area contributed by atoms with E-state index in [1.54, 1.807) is 39.4 Å². The Labute approximate surface area is 259 Å². The lowest BCUT2D eigenvalue weighted by Crippen LogP contribution is -2.53. The van der Waals surface area contributed by atoms with E-state index < -0.39 is 11.6 Å². The Bertz CT molecular complexity index is 1340. The Kier molecular flexibility index (Phi) is 10.9. The summed E-state index contributed by atoms with van der Waals surface area (Å²) in [6.07, 6.45) is 0.422. The lowest BCUT2D eigenvalue weighted by molar-refractivity contribution is -0.133. The topological polar surface area (TPSA) is 114 Å². The summed E-state index contributed by atoms with van der Waals surface area (Å²) in [5.41, 5.74) is 1.78. The predicted molar refractivity (Wildman–Crippen MR) is 167 cm³/mol. The first-order valence-electron chi connectivity index (χ1n) is 14.8. The van der Waals surface area contributed by atoms with Crippen molar-refractivity contribution >= 4 is 17.6 Å². The molecule has 12 heteroatoms. The summed E-state index contributed by atoms with van der Waals surface area (Å²) in [7, 11) is 6.33. The Hall–Kier alpha value is -4.03. The molecule has 2 heterocycles. The lowest BCUT2D eigenvalue weighted by atomic mass is 9.97. The van der Waals surface area contributed by atoms with Gasteiger partial charge in [-0.1, -0.05) is 6.07 Å². The number of morpholine rings is 1. The molecule has 12 nitrogen and oxygen atoms in total. The average molecular weight is 612 g/mol. The molecule has 2 aliphatic heterocycles. The smallest absolute Gasteiger partial charge is 0.318 e. The quantitative estimate of drug-likeness (QED) is 0.411. The Morgan fingerprint density at radius 2 is 1.66 bits per heavy atom. The fourth-order valence-corrected chi connectivity index (χ4v) is 5.23. The first-order valence-corrected chi connectivity index (χ1v) is 14.8. The molecule has 0 saturated carbocycles. The number of hydrogen-bond donors (Lipinski definition) is 1. The SMILES string of the molecule is COc1ccc(C2=NN(C(=O)CN(CCN3CCOCC3)C(=O)NC(C)(C)C)[C@H](c3ccc(OC)c(OC)c3)C2)c(OC)c1. The molecule has 0 aliphatic carbocycles. The van der Waals surface area contributed by atoms with Gasteiger partial charge in [0.2, 0.25) is 0 Å². The number of methoxy groups -OCH3 is 4. The molecule has 4 rings (SSSR count). The van der Waals surface area contributed by atoms with Gasteiger partial charge in [0, 0.05) is 49.8 Å². The summed E-state index contributed by atoms with van der Waals surface area (Å²) in [6.45, 7) is 9.49. The van der Waals surface area contributed by atoms with Crippen LogP contribution in [-0.4, -0.2) is 112 Å². The zero-order chi connectivity index (χ0) is 31.9. The van der Waals surface area contributed by atoms with Gasteiger partial charge in [-0.3, -0.25) is 9.69 Å². The molecule has 0 spiro atoms. The molecular formula is C32H45N5O7. The summed E-state index contributed by atoms with van der Waals surface area (Å²) in [5.74, 6) is 2.05. The zero-order valence-corrected chi connectivity index (χ0v) is 26.8. The number of nitrogens with zero attached hydrogens (tertiary/aromatic N) is 4. The molecule has 3 amide bonds. The van der Waals surface area contributed by atoms with Crippen molar-refractivity contribution in [3.05, 3.63) is 47.5 Å². The number of nitrogens with one attached hydrogen (secondary N) is 1. The van der Waals surface area contributed by atoms with E-state index in [-0.39, 0.29) is 18.5 Å². The fourth-order valence-electron chi connectivity index (χ4n) is 5.23. The molecular weight excluding hydrogens is 566 g/mol. The van der Waals surface area contributed by atoms with Gasteiger partial charge in [0.1, 0.15) is 18.0 Å². The maximum Gasteiger partial charge on any atom is 0.318 e. The van der Waals surface area contributed by atoms with Crippen LogP contribution in [0.3, 0.4) is 0 Å². The predicted octanol–water partition coefficient (Wildman–Crippen LogP) is 3.54. The van der Waals surface area contributed by atoms with Crippen LogP contribution in [-0.2, 0) is 9.53 Å². The summed E-state index contributed by atoms with van der Waals surface area (Å²) in [5, 5.41) is 9.33. The van der Waals surface area contributed by atoms with Crippen LogP contribution in [0.1, 0.15) is 44.4 Å². The molecule has 0 radical (unpaired) electrons. The van der Waals surface area contributed by atoms with Gasteiger partial charge in [-0.2, -0.15) is 5.10 Å². The van der Waals surface area contributed by atoms with E-state index in [4.69, 9.17) is 28.8 Å². The van der Waals surface area contributed by atoms with Gasteiger partial charge in [-0.05, 0) is 50.6 Å². The maximum atomic E-state index is 14.1. The summed E-state index contributed by atoms with van der Waals surface area (Å²) >= 11 is 0. The van der Waals surface area contributed by atoms with Gasteiger partial charge in [-0.25, -0.2) is 9.80 Å². The van der Waals surface area contributed by atoms with Crippen molar-refractivity contribution in [2.45, 2.75) is 38.8 Å². The number of carbonyl (C=O) groups excluding carboxylic acids is 2. The van der Waals surface area contributed by atoms with Crippen LogP contribution < -0.4 is 24.3 Å². The number of carbonyl (C=O) groups is 2. The van der Waals surface area contributed by atoms with Gasteiger partial charge in [0.25, 0.3) is 5.91 Å². The minimum atomic E-state index is -0.469. The van der Waals surface area contributed by atoms with Crippen LogP contribution in [0.15, 0.2) is 41.5 Å². The molecule has 1 saturated heterocycles. The van der Waals surface area contributed by atoms with Crippen molar-refractivity contribution in [1.82, 2.24) is 20.1 Å². The fraction of sp³-hybridized carbons (Fsp3) is 0.531. The third kappa shape index (κ3) is 8.11. The number of hydrogen-bond acceptors (Lipinski definition) is 9. The van der Waals surface area contributed by atoms with E-state index in [0.717, 1.165) is 24.2 Å². The number of rotatable bonds is 11. The highest BCUT2D eigenvalue weighted by Gasteiger charge is 2.36. The van der Waals surface area contributed by atoms with Crippen molar-refractivity contribution in [2.24, 2.45) is 5.10 Å². The summed E-state index contributed by atoms with van der Waals surface area (Å²) in [6, 6.07) is 10.3. The Morgan fingerprint density at radius 1 is 0.955 bits per heavy atom. The van der Waals surface area contributed by atoms with Crippen LogP contribution in [0.2, 0.25) is 0 Å². The van der Waals surface area contributed by atoms with E-state index >= 15 is 0 Å². The van der Waals surface area contributed by atoms with Crippen LogP contribution in [0.4, 0.5) is 4.79 Å². The third-order valence-corrected chi connectivity index (χ3v) is 7.56. The van der Waals surface area contributed by atoms with Gasteiger partial charge in [-0.15, -0.1) is 0 Å². The Balaban J connectivity index is 1.66. The van der Waals surface area contributed by atoms with Crippen molar-refractivity contribution in [1.29, 1.82) is 0 Å². The van der Waals surface area contributed by atoms with Gasteiger partial charge >= 0.3 is 6.03 Å². The van der Waals surface area contributed by atoms with Crippen molar-refractivity contribution < 1.29 is 33.3 Å². The van der Waals surface area contributed by atoms with E-state index in [1.165, 1.54) is 5.01 Å². The second-order valence-corrected chi connectivity index (χ2v) is 11.7. The van der Waals surface area contributed by atoms with Crippen LogP contribution in [0, 0.1) is 0 Å². The standard InChI is InChI=1S/C32H45N5O7/c1-32(2,3)33-31(39)36(13-12-35-14-16-44-17-15-35)21-30(38)37-26(22-8-11-27(41-5)29(18-22)43-7)20-25(34-37)24-10-9-23(40-4)19-28(24)42-6/h8-11,18-19,26H,12-17,20-21H2,1-7H3,(H,33,39)/t26-/m0/s1. The number of hydrazone groups is 1. The third-order valence-electron chi connectivity index (χ3n) is 7.56. The normalized spacial score (nSPS) is 17.1. The molecule has 1 fully saturated rings.